The first-order valence-corrected chi connectivity index (χ1v) is 7.05. The van der Waals surface area contributed by atoms with E-state index in [9.17, 15) is 5.11 Å². The standard InChI is InChI=1S/C13H19N3O2S/c1-9-6-19-11-10(9)15-8-16-12(11)14-7-13(2,17)4-5-18-3/h6,8,17H,4-5,7H2,1-3H3,(H,14,15,16). The summed E-state index contributed by atoms with van der Waals surface area (Å²) < 4.78 is 6.02. The third-order valence-electron chi connectivity index (χ3n) is 3.01. The van der Waals surface area contributed by atoms with Gasteiger partial charge in [0, 0.05) is 26.7 Å². The maximum Gasteiger partial charge on any atom is 0.147 e. The van der Waals surface area contributed by atoms with Gasteiger partial charge in [0.25, 0.3) is 0 Å². The molecule has 0 bridgehead atoms. The van der Waals surface area contributed by atoms with Crippen molar-refractivity contribution in [2.45, 2.75) is 25.9 Å². The van der Waals surface area contributed by atoms with Crippen LogP contribution < -0.4 is 5.32 Å². The second kappa shape index (κ2) is 5.81. The van der Waals surface area contributed by atoms with Crippen LogP contribution in [0.2, 0.25) is 0 Å². The largest absolute Gasteiger partial charge is 0.388 e. The van der Waals surface area contributed by atoms with Gasteiger partial charge in [-0.2, -0.15) is 0 Å². The molecule has 2 N–H and O–H groups in total. The molecule has 0 spiro atoms. The van der Waals surface area contributed by atoms with Crippen molar-refractivity contribution in [1.29, 1.82) is 0 Å². The van der Waals surface area contributed by atoms with E-state index in [2.05, 4.69) is 20.7 Å². The lowest BCUT2D eigenvalue weighted by Crippen LogP contribution is -2.34. The fourth-order valence-corrected chi connectivity index (χ4v) is 2.75. The molecule has 2 aromatic heterocycles. The molecule has 19 heavy (non-hydrogen) atoms. The second-order valence-electron chi connectivity index (χ2n) is 4.91. The monoisotopic (exact) mass is 281 g/mol. The SMILES string of the molecule is COCCC(C)(O)CNc1ncnc2c(C)csc12. The van der Waals surface area contributed by atoms with Gasteiger partial charge in [0.15, 0.2) is 0 Å². The molecular weight excluding hydrogens is 262 g/mol. The Bertz CT molecular complexity index is 554. The smallest absolute Gasteiger partial charge is 0.147 e. The van der Waals surface area contributed by atoms with Crippen LogP contribution in [0.25, 0.3) is 10.2 Å². The number of aromatic nitrogens is 2. The van der Waals surface area contributed by atoms with E-state index in [4.69, 9.17) is 4.74 Å². The molecule has 1 atom stereocenters. The number of methoxy groups -OCH3 is 1. The van der Waals surface area contributed by atoms with Gasteiger partial charge in [-0.05, 0) is 24.8 Å². The molecule has 0 aliphatic carbocycles. The van der Waals surface area contributed by atoms with Crippen molar-refractivity contribution < 1.29 is 9.84 Å². The van der Waals surface area contributed by atoms with Gasteiger partial charge < -0.3 is 15.2 Å². The predicted octanol–water partition coefficient (Wildman–Crippen LogP) is 2.20. The third kappa shape index (κ3) is 3.40. The molecule has 2 rings (SSSR count). The summed E-state index contributed by atoms with van der Waals surface area (Å²) >= 11 is 1.62. The summed E-state index contributed by atoms with van der Waals surface area (Å²) in [6.45, 7) is 4.78. The maximum absolute atomic E-state index is 10.2. The van der Waals surface area contributed by atoms with Crippen LogP contribution in [-0.4, -0.2) is 40.9 Å². The van der Waals surface area contributed by atoms with Gasteiger partial charge in [-0.25, -0.2) is 9.97 Å². The van der Waals surface area contributed by atoms with E-state index in [-0.39, 0.29) is 0 Å². The topological polar surface area (TPSA) is 67.3 Å². The number of nitrogens with one attached hydrogen (secondary N) is 1. The number of aryl methyl sites for hydroxylation is 1. The summed E-state index contributed by atoms with van der Waals surface area (Å²) in [6.07, 6.45) is 2.13. The second-order valence-corrected chi connectivity index (χ2v) is 5.79. The minimum Gasteiger partial charge on any atom is -0.388 e. The molecule has 0 aromatic carbocycles. The Morgan fingerprint density at radius 2 is 2.26 bits per heavy atom. The van der Waals surface area contributed by atoms with Crippen LogP contribution in [0.5, 0.6) is 0 Å². The molecule has 2 aromatic rings. The minimum atomic E-state index is -0.820. The van der Waals surface area contributed by atoms with Crippen LogP contribution in [-0.2, 0) is 4.74 Å². The molecule has 0 radical (unpaired) electrons. The van der Waals surface area contributed by atoms with E-state index in [1.807, 2.05) is 6.92 Å². The Labute approximate surface area is 116 Å². The average molecular weight is 281 g/mol. The van der Waals surface area contributed by atoms with Gasteiger partial charge in [-0.1, -0.05) is 0 Å². The zero-order valence-corrected chi connectivity index (χ0v) is 12.3. The zero-order valence-electron chi connectivity index (χ0n) is 11.4. The first kappa shape index (κ1) is 14.2. The molecule has 0 aliphatic heterocycles. The van der Waals surface area contributed by atoms with Crippen molar-refractivity contribution in [2.75, 3.05) is 25.6 Å². The molecule has 1 unspecified atom stereocenters. The van der Waals surface area contributed by atoms with E-state index < -0.39 is 5.60 Å². The van der Waals surface area contributed by atoms with Crippen LogP contribution in [0, 0.1) is 6.92 Å². The zero-order chi connectivity index (χ0) is 13.9. The van der Waals surface area contributed by atoms with Crippen molar-refractivity contribution in [3.8, 4) is 0 Å². The minimum absolute atomic E-state index is 0.430. The van der Waals surface area contributed by atoms with Crippen molar-refractivity contribution in [1.82, 2.24) is 9.97 Å². The number of hydrogen-bond donors (Lipinski definition) is 2. The number of aliphatic hydroxyl groups is 1. The van der Waals surface area contributed by atoms with Crippen molar-refractivity contribution in [3.05, 3.63) is 17.3 Å². The highest BCUT2D eigenvalue weighted by atomic mass is 32.1. The van der Waals surface area contributed by atoms with Crippen LogP contribution in [0.1, 0.15) is 18.9 Å². The molecule has 0 fully saturated rings. The highest BCUT2D eigenvalue weighted by Crippen LogP contribution is 2.28. The molecular formula is C13H19N3O2S. The summed E-state index contributed by atoms with van der Waals surface area (Å²) in [7, 11) is 1.63. The van der Waals surface area contributed by atoms with E-state index >= 15 is 0 Å². The molecule has 0 saturated heterocycles. The molecule has 0 amide bonds. The average Bonchev–Trinajstić information content (AvgIpc) is 2.77. The highest BCUT2D eigenvalue weighted by Gasteiger charge is 2.20. The predicted molar refractivity (Wildman–Crippen MR) is 77.8 cm³/mol. The fourth-order valence-electron chi connectivity index (χ4n) is 1.78. The number of ether oxygens (including phenoxy) is 1. The lowest BCUT2D eigenvalue weighted by atomic mass is 10.0. The number of fused-ring (bicyclic) bond motifs is 1. The summed E-state index contributed by atoms with van der Waals surface area (Å²) in [5.41, 5.74) is 1.30. The molecule has 2 heterocycles. The summed E-state index contributed by atoms with van der Waals surface area (Å²) in [5.74, 6) is 0.779. The molecule has 0 aliphatic rings. The Hall–Kier alpha value is -1.24. The van der Waals surface area contributed by atoms with Crippen molar-refractivity contribution >= 4 is 27.4 Å². The number of anilines is 1. The third-order valence-corrected chi connectivity index (χ3v) is 4.11. The molecule has 104 valence electrons. The van der Waals surface area contributed by atoms with E-state index in [1.54, 1.807) is 31.7 Å². The molecule has 0 saturated carbocycles. The summed E-state index contributed by atoms with van der Waals surface area (Å²) in [4.78, 5) is 8.52. The molecule has 5 nitrogen and oxygen atoms in total. The van der Waals surface area contributed by atoms with E-state index in [0.29, 0.717) is 19.6 Å². The fraction of sp³-hybridized carbons (Fsp3) is 0.538. The lowest BCUT2D eigenvalue weighted by molar-refractivity contribution is 0.0357. The van der Waals surface area contributed by atoms with Crippen LogP contribution in [0.4, 0.5) is 5.82 Å². The highest BCUT2D eigenvalue weighted by molar-refractivity contribution is 7.18. The van der Waals surface area contributed by atoms with Crippen LogP contribution >= 0.6 is 11.3 Å². The summed E-state index contributed by atoms with van der Waals surface area (Å²) in [6, 6.07) is 0. The van der Waals surface area contributed by atoms with Gasteiger partial charge in [0.1, 0.15) is 12.1 Å². The van der Waals surface area contributed by atoms with Crippen LogP contribution in [0.15, 0.2) is 11.7 Å². The quantitative estimate of drug-likeness (QED) is 0.849. The van der Waals surface area contributed by atoms with Crippen LogP contribution in [0.3, 0.4) is 0 Å². The van der Waals surface area contributed by atoms with E-state index in [1.165, 1.54) is 0 Å². The number of thiophene rings is 1. The van der Waals surface area contributed by atoms with E-state index in [0.717, 1.165) is 21.6 Å². The molecule has 6 heteroatoms. The number of hydrogen-bond acceptors (Lipinski definition) is 6. The van der Waals surface area contributed by atoms with Crippen molar-refractivity contribution in [3.63, 3.8) is 0 Å². The number of nitrogens with zero attached hydrogens (tertiary/aromatic N) is 2. The maximum atomic E-state index is 10.2. The Morgan fingerprint density at radius 3 is 3.00 bits per heavy atom. The first-order valence-electron chi connectivity index (χ1n) is 6.17. The summed E-state index contributed by atoms with van der Waals surface area (Å²) in [5, 5.41) is 15.5. The van der Waals surface area contributed by atoms with Gasteiger partial charge in [-0.3, -0.25) is 0 Å². The normalized spacial score (nSPS) is 14.5. The van der Waals surface area contributed by atoms with Gasteiger partial charge in [0.05, 0.1) is 15.8 Å². The van der Waals surface area contributed by atoms with Gasteiger partial charge in [-0.15, -0.1) is 11.3 Å². The Kier molecular flexibility index (Phi) is 4.34. The van der Waals surface area contributed by atoms with Crippen molar-refractivity contribution in [2.24, 2.45) is 0 Å². The first-order chi connectivity index (χ1) is 9.03. The van der Waals surface area contributed by atoms with Gasteiger partial charge in [0.2, 0.25) is 0 Å². The lowest BCUT2D eigenvalue weighted by Gasteiger charge is -2.23. The Balaban J connectivity index is 2.09. The Morgan fingerprint density at radius 1 is 1.47 bits per heavy atom. The van der Waals surface area contributed by atoms with Gasteiger partial charge >= 0.3 is 0 Å². The number of rotatable bonds is 6.